The summed E-state index contributed by atoms with van der Waals surface area (Å²) in [6.45, 7) is 29.0. The summed E-state index contributed by atoms with van der Waals surface area (Å²) in [7, 11) is -4.37. The molecular formula is C90H83B2N7OSi2. The van der Waals surface area contributed by atoms with Gasteiger partial charge in [-0.25, -0.2) is 4.98 Å². The van der Waals surface area contributed by atoms with Crippen LogP contribution in [0.15, 0.2) is 237 Å². The molecule has 0 radical (unpaired) electrons. The zero-order valence-corrected chi connectivity index (χ0v) is 62.5. The lowest BCUT2D eigenvalue weighted by molar-refractivity contribution is 0.332. The van der Waals surface area contributed by atoms with E-state index < -0.39 is 16.1 Å². The fraction of sp³-hybridized carbons (Fsp3) is 0.222. The summed E-state index contributed by atoms with van der Waals surface area (Å²) in [6.07, 6.45) is 4.53. The Balaban J connectivity index is 0.863. The van der Waals surface area contributed by atoms with E-state index in [-0.39, 0.29) is 35.1 Å². The maximum Gasteiger partial charge on any atom is 0.258 e. The maximum absolute atomic E-state index is 7.89. The number of aromatic nitrogens is 2. The van der Waals surface area contributed by atoms with Crippen molar-refractivity contribution in [2.45, 2.75) is 129 Å². The van der Waals surface area contributed by atoms with Crippen molar-refractivity contribution in [1.82, 2.24) is 9.97 Å². The van der Waals surface area contributed by atoms with Gasteiger partial charge in [-0.05, 0) is 190 Å². The van der Waals surface area contributed by atoms with Gasteiger partial charge >= 0.3 is 0 Å². The molecule has 2 aromatic heterocycles. The topological polar surface area (TPSA) is 51.2 Å². The number of ether oxygens (including phenoxy) is 1. The molecular weight excluding hydrogens is 1270 g/mol. The van der Waals surface area contributed by atoms with Crippen LogP contribution in [0.2, 0.25) is 26.2 Å². The quantitative estimate of drug-likeness (QED) is 0.158. The van der Waals surface area contributed by atoms with Gasteiger partial charge in [-0.2, -0.15) is 4.98 Å². The van der Waals surface area contributed by atoms with Crippen LogP contribution >= 0.6 is 0 Å². The normalized spacial score (nSPS) is 18.3. The van der Waals surface area contributed by atoms with Gasteiger partial charge < -0.3 is 14.5 Å². The van der Waals surface area contributed by atoms with Crippen LogP contribution in [0.5, 0.6) is 11.6 Å². The lowest BCUT2D eigenvalue weighted by atomic mass is 9.31. The molecule has 0 N–H and O–H groups in total. The molecule has 0 saturated heterocycles. The van der Waals surface area contributed by atoms with Gasteiger partial charge in [0.05, 0.1) is 5.69 Å². The van der Waals surface area contributed by atoms with Crippen LogP contribution in [0.3, 0.4) is 0 Å². The third kappa shape index (κ3) is 8.56. The number of nitrogens with zero attached hydrogens (tertiary/aromatic N) is 7. The predicted octanol–water partition coefficient (Wildman–Crippen LogP) is 16.9. The van der Waals surface area contributed by atoms with Crippen LogP contribution in [0.25, 0.3) is 0 Å². The second kappa shape index (κ2) is 21.2. The van der Waals surface area contributed by atoms with Crippen molar-refractivity contribution in [3.63, 3.8) is 0 Å². The number of anilines is 15. The Morgan fingerprint density at radius 1 is 0.314 bits per heavy atom. The zero-order valence-electron chi connectivity index (χ0n) is 60.5. The molecule has 0 saturated carbocycles. The first-order valence-corrected chi connectivity index (χ1v) is 43.0. The van der Waals surface area contributed by atoms with Crippen LogP contribution in [-0.2, 0) is 21.7 Å². The number of hydrogen-bond donors (Lipinski definition) is 0. The van der Waals surface area contributed by atoms with Crippen LogP contribution in [0.1, 0.15) is 103 Å². The standard InChI is InChI=1S/C90H83B2N7OSi2/c1-87(2)46-48-89(5,6)61-50-57(42-44-59(61)87)95-67-32-18-16-30-63(67)91-65-52-66-76(53-73(65)97(56-28-14-13-15-29-56)85-83(91)74(95)54-81(93-85)98-69-34-20-24-38-77(69)101(9,10)78-39-25-21-35-70(78)98)100-86-84-75(55-82(94-86)99-71-36-22-26-40-79(71)102(11,12)80-41-27-23-37-72(80)99)96(68-33-19-17-31-64(68)92(66)84)58-43-45-60-62(51-58)90(7,8)49-47-88(60,3)4/h13-45,50-55H,46-49H2,1-12H3. The van der Waals surface area contributed by atoms with Crippen molar-refractivity contribution in [1.29, 1.82) is 0 Å². The molecule has 498 valence electrons. The molecule has 0 fully saturated rings. The molecule has 12 aromatic rings. The van der Waals surface area contributed by atoms with Gasteiger partial charge in [0.1, 0.15) is 39.4 Å². The molecule has 8 aliphatic rings. The number of pyridine rings is 2. The second-order valence-electron chi connectivity index (χ2n) is 33.8. The fourth-order valence-electron chi connectivity index (χ4n) is 19.7. The minimum atomic E-state index is -2.19. The van der Waals surface area contributed by atoms with Gasteiger partial charge in [0, 0.05) is 86.2 Å². The Bertz CT molecular complexity index is 5530. The highest BCUT2D eigenvalue weighted by Gasteiger charge is 2.52. The average molecular weight is 1360 g/mol. The Morgan fingerprint density at radius 2 is 0.706 bits per heavy atom. The van der Waals surface area contributed by atoms with Crippen LogP contribution in [0, 0.1) is 0 Å². The summed E-state index contributed by atoms with van der Waals surface area (Å²) >= 11 is 0. The predicted molar refractivity (Wildman–Crippen MR) is 435 cm³/mol. The summed E-state index contributed by atoms with van der Waals surface area (Å²) in [5.74, 6) is 3.99. The van der Waals surface area contributed by atoms with E-state index in [4.69, 9.17) is 14.7 Å². The van der Waals surface area contributed by atoms with E-state index in [0.717, 1.165) is 99.6 Å². The molecule has 102 heavy (non-hydrogen) atoms. The van der Waals surface area contributed by atoms with E-state index in [9.17, 15) is 0 Å². The SMILES string of the molecule is CC1(C)CCC(C)(C)c2cc(N3c4ccccc4B4c5cc6c(cc5Oc5nc(N7c8ccccc8[Si](C)(C)c8ccccc87)cc3c54)N(c3ccccc3)c3nc(N4c5ccccc5[Si](C)(C)c5ccccc54)cc4c3B6c3ccccc3N4c3ccc4c(c3)C(C)(C)CCC4(C)C)ccc21. The summed E-state index contributed by atoms with van der Waals surface area (Å²) in [5, 5.41) is 5.57. The van der Waals surface area contributed by atoms with Crippen molar-refractivity contribution < 1.29 is 4.74 Å². The number of hydrogen-bond acceptors (Lipinski definition) is 8. The van der Waals surface area contributed by atoms with E-state index >= 15 is 0 Å². The summed E-state index contributed by atoms with van der Waals surface area (Å²) in [5.41, 5.74) is 26.4. The van der Waals surface area contributed by atoms with Gasteiger partial charge in [0.2, 0.25) is 5.88 Å². The number of fused-ring (bicyclic) bond motifs is 14. The highest BCUT2D eigenvalue weighted by atomic mass is 28.3. The fourth-order valence-corrected chi connectivity index (χ4v) is 25.7. The maximum atomic E-state index is 7.89. The minimum absolute atomic E-state index is 0.0176. The monoisotopic (exact) mass is 1360 g/mol. The van der Waals surface area contributed by atoms with Crippen LogP contribution < -0.4 is 82.8 Å². The molecule has 6 aliphatic heterocycles. The molecule has 2 aliphatic carbocycles. The Labute approximate surface area is 603 Å². The number of para-hydroxylation sites is 7. The first kappa shape index (κ1) is 61.7. The molecule has 0 atom stereocenters. The second-order valence-corrected chi connectivity index (χ2v) is 42.5. The van der Waals surface area contributed by atoms with E-state index in [1.54, 1.807) is 0 Å². The molecule has 8 nitrogen and oxygen atoms in total. The number of rotatable bonds is 5. The lowest BCUT2D eigenvalue weighted by Gasteiger charge is -2.46. The smallest absolute Gasteiger partial charge is 0.258 e. The zero-order chi connectivity index (χ0) is 69.5. The van der Waals surface area contributed by atoms with Gasteiger partial charge in [0.15, 0.2) is 0 Å². The summed E-state index contributed by atoms with van der Waals surface area (Å²) in [6, 6.07) is 90.5. The molecule has 12 heteroatoms. The average Bonchev–Trinajstić information content (AvgIpc) is 0.686. The van der Waals surface area contributed by atoms with Crippen molar-refractivity contribution in [3.05, 3.63) is 259 Å². The van der Waals surface area contributed by atoms with Crippen molar-refractivity contribution in [3.8, 4) is 11.6 Å². The van der Waals surface area contributed by atoms with Crippen LogP contribution in [-0.4, -0.2) is 39.5 Å². The highest BCUT2D eigenvalue weighted by Crippen LogP contribution is 2.54. The van der Waals surface area contributed by atoms with Crippen molar-refractivity contribution >= 4 is 169 Å². The van der Waals surface area contributed by atoms with E-state index in [0.29, 0.717) is 5.88 Å². The molecule has 0 amide bonds. The molecule has 0 bridgehead atoms. The Hall–Kier alpha value is -10.1. The first-order chi connectivity index (χ1) is 49.1. The van der Waals surface area contributed by atoms with Crippen molar-refractivity contribution in [2.75, 3.05) is 24.5 Å². The van der Waals surface area contributed by atoms with E-state index in [1.807, 2.05) is 0 Å². The Morgan fingerprint density at radius 3 is 1.18 bits per heavy atom. The van der Waals surface area contributed by atoms with Gasteiger partial charge in [0.25, 0.3) is 13.4 Å². The van der Waals surface area contributed by atoms with Gasteiger partial charge in [-0.15, -0.1) is 0 Å². The lowest BCUT2D eigenvalue weighted by Crippen LogP contribution is -2.64. The minimum Gasteiger partial charge on any atom is -0.440 e. The van der Waals surface area contributed by atoms with E-state index in [2.05, 4.69) is 343 Å². The summed E-state index contributed by atoms with van der Waals surface area (Å²) in [4.78, 5) is 24.7. The molecule has 0 spiro atoms. The Kier molecular flexibility index (Phi) is 12.9. The molecule has 10 aromatic carbocycles. The van der Waals surface area contributed by atoms with Gasteiger partial charge in [-0.1, -0.05) is 227 Å². The summed E-state index contributed by atoms with van der Waals surface area (Å²) < 4.78 is 7.89. The van der Waals surface area contributed by atoms with Crippen molar-refractivity contribution in [2.24, 2.45) is 0 Å². The highest BCUT2D eigenvalue weighted by molar-refractivity contribution is 7.04. The third-order valence-corrected chi connectivity index (χ3v) is 32.5. The molecule has 0 unspecified atom stereocenters. The van der Waals surface area contributed by atoms with Gasteiger partial charge in [-0.3, -0.25) is 14.7 Å². The molecule has 8 heterocycles. The van der Waals surface area contributed by atoms with E-state index in [1.165, 1.54) is 93.3 Å². The molecule has 20 rings (SSSR count). The number of benzene rings is 10. The third-order valence-electron chi connectivity index (χ3n) is 25.4. The first-order valence-electron chi connectivity index (χ1n) is 37.0. The van der Waals surface area contributed by atoms with Crippen LogP contribution in [0.4, 0.5) is 85.7 Å². The largest absolute Gasteiger partial charge is 0.440 e.